The Morgan fingerprint density at radius 3 is 2.60 bits per heavy atom. The van der Waals surface area contributed by atoms with Crippen molar-refractivity contribution < 1.29 is 14.3 Å². The van der Waals surface area contributed by atoms with Gasteiger partial charge >= 0.3 is 0 Å². The van der Waals surface area contributed by atoms with E-state index in [1.165, 1.54) is 6.08 Å². The van der Waals surface area contributed by atoms with Gasteiger partial charge in [0.05, 0.1) is 12.1 Å². The molecule has 6 heteroatoms. The molecule has 0 unspecified atom stereocenters. The summed E-state index contributed by atoms with van der Waals surface area (Å²) in [7, 11) is 0. The molecule has 138 valence electrons. The molecule has 0 aliphatic heterocycles. The third kappa shape index (κ3) is 6.95. The largest absolute Gasteiger partial charge is 0.494 e. The number of allylic oxidation sites excluding steroid dienone is 2. The maximum absolute atomic E-state index is 12.2. The minimum absolute atomic E-state index is 0.0297. The van der Waals surface area contributed by atoms with E-state index in [1.54, 1.807) is 17.7 Å². The summed E-state index contributed by atoms with van der Waals surface area (Å²) in [5, 5.41) is 7.22. The Morgan fingerprint density at radius 1 is 1.36 bits per heavy atom. The van der Waals surface area contributed by atoms with Gasteiger partial charge in [0.2, 0.25) is 0 Å². The molecule has 0 bridgehead atoms. The number of nitrogens with zero attached hydrogens (tertiary/aromatic N) is 2. The average molecular weight is 347 g/mol. The number of nitrogens with one attached hydrogen (secondary N) is 1. The van der Waals surface area contributed by atoms with E-state index in [0.717, 1.165) is 5.56 Å². The van der Waals surface area contributed by atoms with Crippen molar-refractivity contribution in [1.29, 1.82) is 0 Å². The molecular weight excluding hydrogens is 318 g/mol. The summed E-state index contributed by atoms with van der Waals surface area (Å²) in [5.74, 6) is 0.280. The number of rotatable bonds is 9. The van der Waals surface area contributed by atoms with Gasteiger partial charge in [0.25, 0.3) is 5.91 Å². The van der Waals surface area contributed by atoms with E-state index >= 15 is 0 Å². The molecule has 1 N–H and O–H groups in total. The number of carbonyl (C=O) groups is 2. The Balaban J connectivity index is 2.36. The lowest BCUT2D eigenvalue weighted by molar-refractivity contribution is -0.114. The van der Waals surface area contributed by atoms with Crippen LogP contribution in [0, 0.1) is 6.92 Å². The number of amides is 1. The lowest BCUT2D eigenvalue weighted by Gasteiger charge is -2.18. The van der Waals surface area contributed by atoms with Crippen LogP contribution in [0.25, 0.3) is 0 Å². The molecule has 0 saturated carbocycles. The Labute approximate surface area is 149 Å². The molecule has 0 radical (unpaired) electrons. The van der Waals surface area contributed by atoms with E-state index in [2.05, 4.69) is 17.0 Å². The molecule has 1 aromatic rings. The molecule has 0 saturated heterocycles. The second kappa shape index (κ2) is 9.20. The standard InChI is InChI=1S/C19H29N3O3/c1-7-16(23)10-9-15(3)25-12-8-11-20-18(24)17-14(2)13-22(21-17)19(4,5)6/h9-10,13H,3,7-8,11-12H2,1-2,4-6H3,(H,20,24)/b10-9-. The maximum Gasteiger partial charge on any atom is 0.272 e. The summed E-state index contributed by atoms with van der Waals surface area (Å²) in [4.78, 5) is 23.4. The molecule has 1 aromatic heterocycles. The highest BCUT2D eigenvalue weighted by Gasteiger charge is 2.19. The van der Waals surface area contributed by atoms with Crippen LogP contribution in [0.3, 0.4) is 0 Å². The number of aromatic nitrogens is 2. The second-order valence-electron chi connectivity index (χ2n) is 6.85. The Morgan fingerprint density at radius 2 is 2.04 bits per heavy atom. The molecule has 0 spiro atoms. The van der Waals surface area contributed by atoms with Crippen LogP contribution in [0.15, 0.2) is 30.7 Å². The van der Waals surface area contributed by atoms with Gasteiger partial charge in [0.15, 0.2) is 11.5 Å². The third-order valence-corrected chi connectivity index (χ3v) is 3.50. The van der Waals surface area contributed by atoms with Gasteiger partial charge in [-0.3, -0.25) is 14.3 Å². The highest BCUT2D eigenvalue weighted by atomic mass is 16.5. The van der Waals surface area contributed by atoms with Crippen LogP contribution in [0.4, 0.5) is 0 Å². The number of hydrogen-bond donors (Lipinski definition) is 1. The fourth-order valence-electron chi connectivity index (χ4n) is 1.94. The fraction of sp³-hybridized carbons (Fsp3) is 0.526. The van der Waals surface area contributed by atoms with Gasteiger partial charge in [-0.25, -0.2) is 0 Å². The van der Waals surface area contributed by atoms with E-state index in [9.17, 15) is 9.59 Å². The summed E-state index contributed by atoms with van der Waals surface area (Å²) in [5.41, 5.74) is 1.13. The van der Waals surface area contributed by atoms with Gasteiger partial charge in [0, 0.05) is 24.7 Å². The highest BCUT2D eigenvalue weighted by Crippen LogP contribution is 2.15. The van der Waals surface area contributed by atoms with Crippen molar-refractivity contribution in [3.8, 4) is 0 Å². The predicted octanol–water partition coefficient (Wildman–Crippen LogP) is 3.13. The molecule has 0 aliphatic rings. The van der Waals surface area contributed by atoms with Crippen LogP contribution < -0.4 is 5.32 Å². The van der Waals surface area contributed by atoms with Gasteiger partial charge in [-0.05, 0) is 46.3 Å². The van der Waals surface area contributed by atoms with E-state index < -0.39 is 0 Å². The number of carbonyl (C=O) groups excluding carboxylic acids is 2. The zero-order chi connectivity index (χ0) is 19.0. The van der Waals surface area contributed by atoms with Crippen LogP contribution >= 0.6 is 0 Å². The first-order chi connectivity index (χ1) is 11.6. The molecule has 1 heterocycles. The highest BCUT2D eigenvalue weighted by molar-refractivity contribution is 5.93. The number of hydrogen-bond acceptors (Lipinski definition) is 4. The average Bonchev–Trinajstić information content (AvgIpc) is 2.94. The van der Waals surface area contributed by atoms with E-state index in [1.807, 2.05) is 33.9 Å². The Kier molecular flexibility index (Phi) is 7.61. The van der Waals surface area contributed by atoms with E-state index in [4.69, 9.17) is 4.74 Å². The van der Waals surface area contributed by atoms with Gasteiger partial charge in [-0.2, -0.15) is 5.10 Å². The maximum atomic E-state index is 12.2. The van der Waals surface area contributed by atoms with Crippen LogP contribution in [0.5, 0.6) is 0 Å². The van der Waals surface area contributed by atoms with Crippen molar-refractivity contribution in [2.24, 2.45) is 0 Å². The van der Waals surface area contributed by atoms with Crippen LogP contribution in [0.2, 0.25) is 0 Å². The van der Waals surface area contributed by atoms with E-state index in [-0.39, 0.29) is 17.2 Å². The van der Waals surface area contributed by atoms with Crippen LogP contribution in [0.1, 0.15) is 56.6 Å². The SMILES string of the molecule is C=C(/C=C\C(=O)CC)OCCCNC(=O)c1nn(C(C)(C)C)cc1C. The van der Waals surface area contributed by atoms with Crippen LogP contribution in [-0.2, 0) is 15.1 Å². The first-order valence-corrected chi connectivity index (χ1v) is 8.52. The first kappa shape index (κ1) is 20.7. The van der Waals surface area contributed by atoms with Crippen molar-refractivity contribution in [3.05, 3.63) is 41.9 Å². The summed E-state index contributed by atoms with van der Waals surface area (Å²) in [6, 6.07) is 0. The summed E-state index contributed by atoms with van der Waals surface area (Å²) >= 11 is 0. The normalized spacial score (nSPS) is 11.6. The predicted molar refractivity (Wildman–Crippen MR) is 98.4 cm³/mol. The van der Waals surface area contributed by atoms with Crippen molar-refractivity contribution >= 4 is 11.7 Å². The van der Waals surface area contributed by atoms with Gasteiger partial charge in [0.1, 0.15) is 5.76 Å². The minimum Gasteiger partial charge on any atom is -0.494 e. The summed E-state index contributed by atoms with van der Waals surface area (Å²) in [6.07, 6.45) is 6.00. The van der Waals surface area contributed by atoms with E-state index in [0.29, 0.717) is 37.4 Å². The third-order valence-electron chi connectivity index (χ3n) is 3.50. The molecule has 0 aromatic carbocycles. The fourth-order valence-corrected chi connectivity index (χ4v) is 1.94. The summed E-state index contributed by atoms with van der Waals surface area (Å²) in [6.45, 7) is 14.4. The van der Waals surface area contributed by atoms with Crippen molar-refractivity contribution in [2.75, 3.05) is 13.2 Å². The van der Waals surface area contributed by atoms with Gasteiger partial charge in [-0.15, -0.1) is 0 Å². The minimum atomic E-state index is -0.187. The van der Waals surface area contributed by atoms with Gasteiger partial charge < -0.3 is 10.1 Å². The number of aryl methyl sites for hydroxylation is 1. The lowest BCUT2D eigenvalue weighted by Crippen LogP contribution is -2.27. The second-order valence-corrected chi connectivity index (χ2v) is 6.85. The molecule has 0 fully saturated rings. The Hall–Kier alpha value is -2.37. The molecule has 25 heavy (non-hydrogen) atoms. The van der Waals surface area contributed by atoms with Crippen molar-refractivity contribution in [1.82, 2.24) is 15.1 Å². The van der Waals surface area contributed by atoms with Crippen molar-refractivity contribution in [3.63, 3.8) is 0 Å². The summed E-state index contributed by atoms with van der Waals surface area (Å²) < 4.78 is 7.19. The Bertz CT molecular complexity index is 651. The molecule has 0 atom stereocenters. The molecule has 1 amide bonds. The first-order valence-electron chi connectivity index (χ1n) is 8.52. The zero-order valence-electron chi connectivity index (χ0n) is 15.9. The van der Waals surface area contributed by atoms with Crippen molar-refractivity contribution in [2.45, 2.75) is 53.0 Å². The molecule has 0 aliphatic carbocycles. The molecular formula is C19H29N3O3. The lowest BCUT2D eigenvalue weighted by atomic mass is 10.1. The number of ether oxygens (including phenoxy) is 1. The molecule has 6 nitrogen and oxygen atoms in total. The van der Waals surface area contributed by atoms with Crippen LogP contribution in [-0.4, -0.2) is 34.6 Å². The quantitative estimate of drug-likeness (QED) is 0.322. The smallest absolute Gasteiger partial charge is 0.272 e. The zero-order valence-corrected chi connectivity index (χ0v) is 15.9. The van der Waals surface area contributed by atoms with Gasteiger partial charge in [-0.1, -0.05) is 13.5 Å². The topological polar surface area (TPSA) is 73.2 Å². The monoisotopic (exact) mass is 347 g/mol. The number of ketones is 1. The molecule has 1 rings (SSSR count).